The number of ether oxygens (including phenoxy) is 2. The SMILES string of the molecule is C=CC[C@H]1O[C@H](CO)[C@@H](O)[C@H](O)[C@@H]1OC(C)=O. The van der Waals surface area contributed by atoms with Crippen molar-refractivity contribution in [2.75, 3.05) is 6.61 Å². The normalized spacial score (nSPS) is 37.5. The predicted octanol–water partition coefficient (Wildman–Crippen LogP) is -1.02. The minimum absolute atomic E-state index is 0.345. The van der Waals surface area contributed by atoms with Gasteiger partial charge in [-0.1, -0.05) is 6.08 Å². The van der Waals surface area contributed by atoms with E-state index < -0.39 is 43.1 Å². The number of esters is 1. The summed E-state index contributed by atoms with van der Waals surface area (Å²) < 4.78 is 10.3. The van der Waals surface area contributed by atoms with Crippen molar-refractivity contribution in [2.45, 2.75) is 43.9 Å². The van der Waals surface area contributed by atoms with Gasteiger partial charge in [0.25, 0.3) is 0 Å². The molecular formula is C11H18O6. The molecule has 3 N–H and O–H groups in total. The first-order chi connectivity index (χ1) is 8.01. The van der Waals surface area contributed by atoms with Gasteiger partial charge in [-0.15, -0.1) is 6.58 Å². The van der Waals surface area contributed by atoms with E-state index in [1.807, 2.05) is 0 Å². The Balaban J connectivity index is 2.82. The van der Waals surface area contributed by atoms with Crippen LogP contribution in [0.3, 0.4) is 0 Å². The van der Waals surface area contributed by atoms with Gasteiger partial charge >= 0.3 is 5.97 Å². The molecule has 1 heterocycles. The van der Waals surface area contributed by atoms with E-state index in [1.165, 1.54) is 6.92 Å². The number of carbonyl (C=O) groups is 1. The molecule has 0 radical (unpaired) electrons. The summed E-state index contributed by atoms with van der Waals surface area (Å²) in [5.74, 6) is -0.568. The van der Waals surface area contributed by atoms with Gasteiger partial charge in [0.2, 0.25) is 0 Å². The highest BCUT2D eigenvalue weighted by molar-refractivity contribution is 5.66. The molecule has 1 rings (SSSR count). The molecule has 6 heteroatoms. The summed E-state index contributed by atoms with van der Waals surface area (Å²) in [6.07, 6.45) is -3.13. The van der Waals surface area contributed by atoms with E-state index in [2.05, 4.69) is 6.58 Å². The van der Waals surface area contributed by atoms with Gasteiger partial charge < -0.3 is 24.8 Å². The maximum Gasteiger partial charge on any atom is 0.303 e. The monoisotopic (exact) mass is 246 g/mol. The van der Waals surface area contributed by atoms with E-state index in [-0.39, 0.29) is 0 Å². The zero-order chi connectivity index (χ0) is 13.0. The first kappa shape index (κ1) is 14.1. The molecule has 1 aliphatic rings. The lowest BCUT2D eigenvalue weighted by atomic mass is 9.93. The summed E-state index contributed by atoms with van der Waals surface area (Å²) >= 11 is 0. The van der Waals surface area contributed by atoms with Crippen LogP contribution in [0.1, 0.15) is 13.3 Å². The van der Waals surface area contributed by atoms with Crippen molar-refractivity contribution in [2.24, 2.45) is 0 Å². The van der Waals surface area contributed by atoms with Gasteiger partial charge in [-0.05, 0) is 6.42 Å². The molecule has 0 aromatic carbocycles. The van der Waals surface area contributed by atoms with Crippen molar-refractivity contribution in [3.63, 3.8) is 0 Å². The molecule has 0 aromatic heterocycles. The molecule has 6 nitrogen and oxygen atoms in total. The Hall–Kier alpha value is -0.950. The van der Waals surface area contributed by atoms with Crippen LogP contribution in [-0.2, 0) is 14.3 Å². The van der Waals surface area contributed by atoms with Crippen LogP contribution < -0.4 is 0 Å². The largest absolute Gasteiger partial charge is 0.457 e. The second-order valence-electron chi connectivity index (χ2n) is 3.98. The molecule has 0 bridgehead atoms. The molecule has 0 amide bonds. The van der Waals surface area contributed by atoms with Gasteiger partial charge in [0, 0.05) is 6.92 Å². The van der Waals surface area contributed by atoms with E-state index in [0.717, 1.165) is 0 Å². The lowest BCUT2D eigenvalue weighted by Crippen LogP contribution is -2.59. The maximum atomic E-state index is 10.9. The van der Waals surface area contributed by atoms with Gasteiger partial charge in [-0.3, -0.25) is 4.79 Å². The molecular weight excluding hydrogens is 228 g/mol. The Morgan fingerprint density at radius 3 is 2.53 bits per heavy atom. The van der Waals surface area contributed by atoms with Crippen LogP contribution in [0.15, 0.2) is 12.7 Å². The summed E-state index contributed by atoms with van der Waals surface area (Å²) in [6, 6.07) is 0. The fourth-order valence-electron chi connectivity index (χ4n) is 1.86. The molecule has 0 saturated carbocycles. The van der Waals surface area contributed by atoms with Crippen LogP contribution in [0, 0.1) is 0 Å². The van der Waals surface area contributed by atoms with E-state index in [9.17, 15) is 15.0 Å². The topological polar surface area (TPSA) is 96.2 Å². The molecule has 0 unspecified atom stereocenters. The number of hydrogen-bond acceptors (Lipinski definition) is 6. The summed E-state index contributed by atoms with van der Waals surface area (Å²) in [7, 11) is 0. The van der Waals surface area contributed by atoms with Crippen molar-refractivity contribution in [3.8, 4) is 0 Å². The molecule has 0 aliphatic carbocycles. The van der Waals surface area contributed by atoms with Crippen molar-refractivity contribution in [3.05, 3.63) is 12.7 Å². The number of hydrogen-bond donors (Lipinski definition) is 3. The number of carbonyl (C=O) groups excluding carboxylic acids is 1. The minimum atomic E-state index is -1.29. The minimum Gasteiger partial charge on any atom is -0.457 e. The van der Waals surface area contributed by atoms with Crippen molar-refractivity contribution in [1.82, 2.24) is 0 Å². The van der Waals surface area contributed by atoms with Gasteiger partial charge in [0.05, 0.1) is 6.61 Å². The van der Waals surface area contributed by atoms with Crippen LogP contribution in [0.25, 0.3) is 0 Å². The second kappa shape index (κ2) is 6.11. The Morgan fingerprint density at radius 1 is 1.41 bits per heavy atom. The third-order valence-electron chi connectivity index (χ3n) is 2.66. The van der Waals surface area contributed by atoms with Crippen LogP contribution in [-0.4, -0.2) is 58.4 Å². The summed E-state index contributed by atoms with van der Waals surface area (Å²) in [4.78, 5) is 10.9. The lowest BCUT2D eigenvalue weighted by Gasteiger charge is -2.41. The van der Waals surface area contributed by atoms with E-state index in [0.29, 0.717) is 6.42 Å². The molecule has 0 aromatic rings. The van der Waals surface area contributed by atoms with Gasteiger partial charge in [-0.25, -0.2) is 0 Å². The Kier molecular flexibility index (Phi) is 5.07. The third kappa shape index (κ3) is 3.26. The second-order valence-corrected chi connectivity index (χ2v) is 3.98. The smallest absolute Gasteiger partial charge is 0.303 e. The lowest BCUT2D eigenvalue weighted by molar-refractivity contribution is -0.237. The number of aliphatic hydroxyl groups excluding tert-OH is 3. The van der Waals surface area contributed by atoms with Crippen LogP contribution >= 0.6 is 0 Å². The Labute approximate surface area is 99.5 Å². The average molecular weight is 246 g/mol. The fraction of sp³-hybridized carbons (Fsp3) is 0.727. The standard InChI is InChI=1S/C11H18O6/c1-3-4-7-11(16-6(2)13)10(15)9(14)8(5-12)17-7/h3,7-12,14-15H,1,4-5H2,2H3/t7-,8-,9-,10+,11-/m1/s1. The van der Waals surface area contributed by atoms with Gasteiger partial charge in [0.1, 0.15) is 24.4 Å². The molecule has 1 fully saturated rings. The number of aliphatic hydroxyl groups is 3. The Bertz CT molecular complexity index is 279. The molecule has 17 heavy (non-hydrogen) atoms. The highest BCUT2D eigenvalue weighted by Crippen LogP contribution is 2.25. The first-order valence-corrected chi connectivity index (χ1v) is 5.41. The van der Waals surface area contributed by atoms with E-state index in [4.69, 9.17) is 14.6 Å². The van der Waals surface area contributed by atoms with Crippen LogP contribution in [0.5, 0.6) is 0 Å². The van der Waals surface area contributed by atoms with Crippen molar-refractivity contribution < 1.29 is 29.6 Å². The van der Waals surface area contributed by atoms with E-state index in [1.54, 1.807) is 6.08 Å². The number of rotatable bonds is 4. The van der Waals surface area contributed by atoms with Gasteiger partial charge in [-0.2, -0.15) is 0 Å². The fourth-order valence-corrected chi connectivity index (χ4v) is 1.86. The summed E-state index contributed by atoms with van der Waals surface area (Å²) in [6.45, 7) is 4.33. The van der Waals surface area contributed by atoms with Gasteiger partial charge in [0.15, 0.2) is 6.10 Å². The predicted molar refractivity (Wildman–Crippen MR) is 58.1 cm³/mol. The van der Waals surface area contributed by atoms with E-state index >= 15 is 0 Å². The quantitative estimate of drug-likeness (QED) is 0.434. The molecule has 98 valence electrons. The average Bonchev–Trinajstić information content (AvgIpc) is 2.28. The first-order valence-electron chi connectivity index (χ1n) is 5.41. The highest BCUT2D eigenvalue weighted by atomic mass is 16.6. The zero-order valence-corrected chi connectivity index (χ0v) is 9.65. The van der Waals surface area contributed by atoms with Crippen molar-refractivity contribution >= 4 is 5.97 Å². The van der Waals surface area contributed by atoms with Crippen molar-refractivity contribution in [1.29, 1.82) is 0 Å². The Morgan fingerprint density at radius 2 is 2.06 bits per heavy atom. The molecule has 5 atom stereocenters. The van der Waals surface area contributed by atoms with Crippen LogP contribution in [0.4, 0.5) is 0 Å². The molecule has 1 saturated heterocycles. The molecule has 0 spiro atoms. The summed E-state index contributed by atoms with van der Waals surface area (Å²) in [5.41, 5.74) is 0. The highest BCUT2D eigenvalue weighted by Gasteiger charge is 2.45. The van der Waals surface area contributed by atoms with Crippen LogP contribution in [0.2, 0.25) is 0 Å². The maximum absolute atomic E-state index is 10.9. The molecule has 1 aliphatic heterocycles. The third-order valence-corrected chi connectivity index (χ3v) is 2.66. The summed E-state index contributed by atoms with van der Waals surface area (Å²) in [5, 5.41) is 28.5. The zero-order valence-electron chi connectivity index (χ0n) is 9.65.